The predicted molar refractivity (Wildman–Crippen MR) is 121 cm³/mol. The van der Waals surface area contributed by atoms with Crippen molar-refractivity contribution in [1.82, 2.24) is 0 Å². The number of aryl methyl sites for hydroxylation is 5. The number of hydrogen-bond acceptors (Lipinski definition) is 5. The van der Waals surface area contributed by atoms with Crippen molar-refractivity contribution >= 4 is 21.4 Å². The lowest BCUT2D eigenvalue weighted by Gasteiger charge is -2.16. The van der Waals surface area contributed by atoms with E-state index < -0.39 is 14.9 Å². The average Bonchev–Trinajstić information content (AvgIpc) is 2.67. The fourth-order valence-electron chi connectivity index (χ4n) is 3.33. The maximum absolute atomic E-state index is 13.0. The minimum atomic E-state index is -3.79. The number of nitro benzene ring substituents is 1. The Morgan fingerprint density at radius 1 is 0.839 bits per heavy atom. The smallest absolute Gasteiger partial charge is 0.269 e. The topological polar surface area (TPSA) is 98.5 Å². The first-order chi connectivity index (χ1) is 14.5. The van der Waals surface area contributed by atoms with E-state index in [9.17, 15) is 18.5 Å². The van der Waals surface area contributed by atoms with E-state index in [0.717, 1.165) is 11.1 Å². The Morgan fingerprint density at radius 3 is 2.03 bits per heavy atom. The Morgan fingerprint density at radius 2 is 1.48 bits per heavy atom. The predicted octanol–water partition coefficient (Wildman–Crippen LogP) is 5.73. The van der Waals surface area contributed by atoms with E-state index in [-0.39, 0.29) is 10.6 Å². The van der Waals surface area contributed by atoms with Gasteiger partial charge in [0.2, 0.25) is 0 Å². The van der Waals surface area contributed by atoms with Crippen LogP contribution in [0.25, 0.3) is 0 Å². The van der Waals surface area contributed by atoms with Crippen molar-refractivity contribution in [3.63, 3.8) is 0 Å². The quantitative estimate of drug-likeness (QED) is 0.390. The Balaban J connectivity index is 1.92. The third kappa shape index (κ3) is 4.86. The third-order valence-electron chi connectivity index (χ3n) is 4.95. The number of nitrogens with zero attached hydrogens (tertiary/aromatic N) is 1. The van der Waals surface area contributed by atoms with Crippen LogP contribution in [0.3, 0.4) is 0 Å². The number of nitrogens with one attached hydrogen (secondary N) is 1. The number of non-ortho nitro benzene ring substituents is 1. The Kier molecular flexibility index (Phi) is 6.03. The molecule has 3 aromatic rings. The standard InChI is InChI=1S/C23H24N2O5S/c1-14-6-8-21(15(2)10-14)24-31(28,29)20-12-17(4)23(18(5)13-20)30-22-9-7-19(25(26)27)11-16(22)3/h6-13,24H,1-5H3. The molecule has 0 aromatic heterocycles. The minimum absolute atomic E-state index is 0.0165. The number of sulfonamides is 1. The lowest BCUT2D eigenvalue weighted by molar-refractivity contribution is -0.384. The van der Waals surface area contributed by atoms with Crippen LogP contribution in [0.2, 0.25) is 0 Å². The van der Waals surface area contributed by atoms with Crippen LogP contribution in [-0.2, 0) is 10.0 Å². The summed E-state index contributed by atoms with van der Waals surface area (Å²) in [6.07, 6.45) is 0. The second-order valence-electron chi connectivity index (χ2n) is 7.62. The molecular formula is C23H24N2O5S. The molecular weight excluding hydrogens is 416 g/mol. The van der Waals surface area contributed by atoms with Crippen LogP contribution in [0.5, 0.6) is 11.5 Å². The van der Waals surface area contributed by atoms with Crippen molar-refractivity contribution in [3.8, 4) is 11.5 Å². The molecule has 7 nitrogen and oxygen atoms in total. The van der Waals surface area contributed by atoms with Gasteiger partial charge >= 0.3 is 0 Å². The molecule has 0 bridgehead atoms. The summed E-state index contributed by atoms with van der Waals surface area (Å²) in [5, 5.41) is 10.9. The molecule has 0 unspecified atom stereocenters. The summed E-state index contributed by atoms with van der Waals surface area (Å²) < 4.78 is 34.5. The molecule has 31 heavy (non-hydrogen) atoms. The van der Waals surface area contributed by atoms with E-state index in [1.165, 1.54) is 12.1 Å². The van der Waals surface area contributed by atoms with E-state index in [1.807, 2.05) is 26.0 Å². The van der Waals surface area contributed by atoms with Gasteiger partial charge < -0.3 is 4.74 Å². The number of hydrogen-bond donors (Lipinski definition) is 1. The molecule has 0 aliphatic rings. The summed E-state index contributed by atoms with van der Waals surface area (Å²) in [6, 6.07) is 13.0. The van der Waals surface area contributed by atoms with Gasteiger partial charge in [-0.25, -0.2) is 8.42 Å². The molecule has 0 aliphatic carbocycles. The lowest BCUT2D eigenvalue weighted by Crippen LogP contribution is -2.14. The highest BCUT2D eigenvalue weighted by Gasteiger charge is 2.19. The lowest BCUT2D eigenvalue weighted by atomic mass is 10.1. The molecule has 3 aromatic carbocycles. The SMILES string of the molecule is Cc1ccc(NS(=O)(=O)c2cc(C)c(Oc3ccc([N+](=O)[O-])cc3C)c(C)c2)c(C)c1. The molecule has 0 heterocycles. The van der Waals surface area contributed by atoms with Gasteiger partial charge in [-0.15, -0.1) is 0 Å². The number of ether oxygens (including phenoxy) is 1. The first-order valence-corrected chi connectivity index (χ1v) is 11.1. The Bertz CT molecular complexity index is 1260. The highest BCUT2D eigenvalue weighted by molar-refractivity contribution is 7.92. The van der Waals surface area contributed by atoms with Gasteiger partial charge in [0.1, 0.15) is 11.5 Å². The van der Waals surface area contributed by atoms with Gasteiger partial charge in [-0.1, -0.05) is 17.7 Å². The van der Waals surface area contributed by atoms with Crippen LogP contribution in [0.15, 0.2) is 53.4 Å². The van der Waals surface area contributed by atoms with Gasteiger partial charge in [0.05, 0.1) is 15.5 Å². The third-order valence-corrected chi connectivity index (χ3v) is 6.30. The van der Waals surface area contributed by atoms with E-state index in [1.54, 1.807) is 45.0 Å². The van der Waals surface area contributed by atoms with Crippen molar-refractivity contribution < 1.29 is 18.1 Å². The highest BCUT2D eigenvalue weighted by atomic mass is 32.2. The summed E-state index contributed by atoms with van der Waals surface area (Å²) >= 11 is 0. The van der Waals surface area contributed by atoms with Gasteiger partial charge in [-0.2, -0.15) is 0 Å². The van der Waals surface area contributed by atoms with Crippen LogP contribution in [0.1, 0.15) is 27.8 Å². The zero-order valence-electron chi connectivity index (χ0n) is 18.0. The van der Waals surface area contributed by atoms with Gasteiger partial charge in [-0.05, 0) is 81.1 Å². The van der Waals surface area contributed by atoms with Crippen LogP contribution in [0.4, 0.5) is 11.4 Å². The normalized spacial score (nSPS) is 11.3. The summed E-state index contributed by atoms with van der Waals surface area (Å²) in [4.78, 5) is 10.6. The van der Waals surface area contributed by atoms with E-state index in [4.69, 9.17) is 4.74 Å². The molecule has 0 atom stereocenters. The van der Waals surface area contributed by atoms with Gasteiger partial charge in [0, 0.05) is 12.1 Å². The zero-order chi connectivity index (χ0) is 22.9. The molecule has 0 saturated heterocycles. The molecule has 8 heteroatoms. The van der Waals surface area contributed by atoms with Crippen molar-refractivity contribution in [2.75, 3.05) is 4.72 Å². The largest absolute Gasteiger partial charge is 0.457 e. The minimum Gasteiger partial charge on any atom is -0.457 e. The first-order valence-electron chi connectivity index (χ1n) is 9.62. The van der Waals surface area contributed by atoms with Crippen LogP contribution >= 0.6 is 0 Å². The number of benzene rings is 3. The molecule has 1 N–H and O–H groups in total. The molecule has 0 aliphatic heterocycles. The maximum Gasteiger partial charge on any atom is 0.269 e. The second-order valence-corrected chi connectivity index (χ2v) is 9.30. The summed E-state index contributed by atoms with van der Waals surface area (Å²) in [5.74, 6) is 0.989. The van der Waals surface area contributed by atoms with Crippen LogP contribution in [0, 0.1) is 44.7 Å². The van der Waals surface area contributed by atoms with Crippen molar-refractivity contribution in [3.05, 3.63) is 86.5 Å². The van der Waals surface area contributed by atoms with Crippen molar-refractivity contribution in [2.24, 2.45) is 0 Å². The van der Waals surface area contributed by atoms with Crippen molar-refractivity contribution in [1.29, 1.82) is 0 Å². The average molecular weight is 441 g/mol. The molecule has 0 radical (unpaired) electrons. The summed E-state index contributed by atoms with van der Waals surface area (Å²) in [5.41, 5.74) is 4.29. The van der Waals surface area contributed by atoms with Gasteiger partial charge in [0.15, 0.2) is 0 Å². The van der Waals surface area contributed by atoms with Crippen LogP contribution in [-0.4, -0.2) is 13.3 Å². The first kappa shape index (κ1) is 22.3. The Labute approximate surface area is 181 Å². The van der Waals surface area contributed by atoms with Gasteiger partial charge in [0.25, 0.3) is 15.7 Å². The second kappa shape index (κ2) is 8.39. The fraction of sp³-hybridized carbons (Fsp3) is 0.217. The van der Waals surface area contributed by atoms with E-state index >= 15 is 0 Å². The monoisotopic (exact) mass is 440 g/mol. The number of nitro groups is 1. The molecule has 0 saturated carbocycles. The fourth-order valence-corrected chi connectivity index (χ4v) is 4.63. The zero-order valence-corrected chi connectivity index (χ0v) is 18.8. The molecule has 0 fully saturated rings. The van der Waals surface area contributed by atoms with Gasteiger partial charge in [-0.3, -0.25) is 14.8 Å². The highest BCUT2D eigenvalue weighted by Crippen LogP contribution is 2.34. The molecule has 162 valence electrons. The van der Waals surface area contributed by atoms with Crippen molar-refractivity contribution in [2.45, 2.75) is 39.5 Å². The molecule has 0 spiro atoms. The maximum atomic E-state index is 13.0. The Hall–Kier alpha value is -3.39. The van der Waals surface area contributed by atoms with Crippen LogP contribution < -0.4 is 9.46 Å². The summed E-state index contributed by atoms with van der Waals surface area (Å²) in [6.45, 7) is 9.05. The summed E-state index contributed by atoms with van der Waals surface area (Å²) in [7, 11) is -3.79. The van der Waals surface area contributed by atoms with E-state index in [0.29, 0.717) is 33.9 Å². The molecule has 0 amide bonds. The molecule has 3 rings (SSSR count). The number of anilines is 1. The van der Waals surface area contributed by atoms with E-state index in [2.05, 4.69) is 4.72 Å². The number of rotatable bonds is 6.